The van der Waals surface area contributed by atoms with Crippen LogP contribution in [-0.2, 0) is 49.5 Å². The van der Waals surface area contributed by atoms with Gasteiger partial charge in [0.05, 0.1) is 52.9 Å². The van der Waals surface area contributed by atoms with Gasteiger partial charge in [-0.15, -0.1) is 0 Å². The molecule has 9 nitrogen and oxygen atoms in total. The van der Waals surface area contributed by atoms with E-state index >= 15 is 0 Å². The fourth-order valence-electron chi connectivity index (χ4n) is 3.14. The van der Waals surface area contributed by atoms with E-state index in [1.165, 1.54) is 6.92 Å². The van der Waals surface area contributed by atoms with E-state index < -0.39 is 14.7 Å². The lowest BCUT2D eigenvalue weighted by molar-refractivity contribution is -0.142. The van der Waals surface area contributed by atoms with E-state index in [1.54, 1.807) is 27.2 Å². The number of hydrogen-bond donors (Lipinski definition) is 0. The van der Waals surface area contributed by atoms with Gasteiger partial charge in [0.2, 0.25) is 0 Å². The molecule has 34 heavy (non-hydrogen) atoms. The average Bonchev–Trinajstić information content (AvgIpc) is 2.71. The Hall–Kier alpha value is -1.21. The number of benzene rings is 1. The summed E-state index contributed by atoms with van der Waals surface area (Å²) in [5.41, 5.74) is 2.59. The molecule has 0 fully saturated rings. The highest BCUT2D eigenvalue weighted by atomic mass is 31.2. The van der Waals surface area contributed by atoms with Crippen molar-refractivity contribution in [3.05, 3.63) is 28.8 Å². The Bertz CT molecular complexity index is 841. The van der Waals surface area contributed by atoms with E-state index in [0.29, 0.717) is 43.9 Å². The number of hydrogen-bond acceptors (Lipinski definition) is 9. The molecule has 0 heterocycles. The van der Waals surface area contributed by atoms with Crippen LogP contribution in [0.25, 0.3) is 0 Å². The third-order valence-corrected chi connectivity index (χ3v) is 7.61. The Morgan fingerprint density at radius 1 is 0.824 bits per heavy atom. The van der Waals surface area contributed by atoms with Crippen molar-refractivity contribution in [2.24, 2.45) is 0 Å². The first kappa shape index (κ1) is 30.8. The molecule has 0 bridgehead atoms. The number of ether oxygens (including phenoxy) is 4. The maximum Gasteiger partial charge on any atom is 0.335 e. The molecule has 0 atom stereocenters. The van der Waals surface area contributed by atoms with Crippen LogP contribution in [0.15, 0.2) is 12.1 Å². The fraction of sp³-hybridized carbons (Fsp3) is 0.696. The normalized spacial score (nSPS) is 12.1. The second-order valence-electron chi connectivity index (χ2n) is 8.14. The number of carbonyl (C=O) groups is 1. The van der Waals surface area contributed by atoms with E-state index in [0.717, 1.165) is 11.1 Å². The summed E-state index contributed by atoms with van der Waals surface area (Å²) >= 11 is 0. The molecule has 0 saturated carbocycles. The van der Waals surface area contributed by atoms with Crippen LogP contribution in [0.2, 0.25) is 0 Å². The molecule has 0 unspecified atom stereocenters. The minimum Gasteiger partial charge on any atom is -0.491 e. The Labute approximate surface area is 203 Å². The van der Waals surface area contributed by atoms with Gasteiger partial charge in [-0.2, -0.15) is 0 Å². The van der Waals surface area contributed by atoms with Gasteiger partial charge in [-0.25, -0.2) is 0 Å². The number of aryl methyl sites for hydroxylation is 1. The van der Waals surface area contributed by atoms with E-state index in [4.69, 9.17) is 28.0 Å². The molecule has 1 aromatic rings. The Balaban J connectivity index is 2.77. The van der Waals surface area contributed by atoms with Crippen molar-refractivity contribution in [1.29, 1.82) is 0 Å². The van der Waals surface area contributed by atoms with Gasteiger partial charge in [-0.05, 0) is 51.3 Å². The highest BCUT2D eigenvalue weighted by molar-refractivity contribution is 7.61. The number of carbonyl (C=O) groups excluding carboxylic acids is 1. The molecule has 0 spiro atoms. The van der Waals surface area contributed by atoms with Crippen molar-refractivity contribution >= 4 is 20.7 Å². The minimum absolute atomic E-state index is 0.0814. The van der Waals surface area contributed by atoms with Crippen molar-refractivity contribution in [3.63, 3.8) is 0 Å². The van der Waals surface area contributed by atoms with Crippen molar-refractivity contribution in [1.82, 2.24) is 0 Å². The van der Waals surface area contributed by atoms with Crippen LogP contribution >= 0.6 is 14.7 Å². The first-order valence-corrected chi connectivity index (χ1v) is 16.0. The van der Waals surface area contributed by atoms with E-state index in [2.05, 4.69) is 0 Å². The van der Waals surface area contributed by atoms with Gasteiger partial charge >= 0.3 is 13.6 Å². The highest BCUT2D eigenvalue weighted by Gasteiger charge is 2.27. The van der Waals surface area contributed by atoms with Crippen molar-refractivity contribution < 1.29 is 41.9 Å². The largest absolute Gasteiger partial charge is 0.491 e. The quantitative estimate of drug-likeness (QED) is 0.152. The van der Waals surface area contributed by atoms with Crippen LogP contribution in [-0.4, -0.2) is 72.2 Å². The molecule has 0 N–H and O–H groups in total. The molecule has 0 radical (unpaired) electrons. The number of esters is 1. The molecule has 0 saturated heterocycles. The minimum atomic E-state index is -3.33. The molecule has 0 aliphatic carbocycles. The van der Waals surface area contributed by atoms with E-state index in [9.17, 15) is 13.9 Å². The molecule has 1 aromatic carbocycles. The molecular weight excluding hydrogens is 482 g/mol. The van der Waals surface area contributed by atoms with Crippen LogP contribution in [0, 0.1) is 6.92 Å². The fourth-order valence-corrected chi connectivity index (χ4v) is 6.01. The van der Waals surface area contributed by atoms with Gasteiger partial charge < -0.3 is 32.6 Å². The SMILES string of the molecule is CCOP(=O)(Cc1cc(C)c(CP(C)(C)=O)cc1OCCOCCOCCOC(C)=O)OCC. The summed E-state index contributed by atoms with van der Waals surface area (Å²) in [6.45, 7) is 12.7. The van der Waals surface area contributed by atoms with Gasteiger partial charge in [-0.3, -0.25) is 9.36 Å². The van der Waals surface area contributed by atoms with Gasteiger partial charge in [0, 0.05) is 18.6 Å². The molecule has 1 rings (SSSR count). The zero-order valence-corrected chi connectivity index (χ0v) is 23.1. The summed E-state index contributed by atoms with van der Waals surface area (Å²) in [5.74, 6) is 0.213. The second-order valence-corrected chi connectivity index (χ2v) is 13.7. The van der Waals surface area contributed by atoms with Crippen molar-refractivity contribution in [2.45, 2.75) is 40.0 Å². The highest BCUT2D eigenvalue weighted by Crippen LogP contribution is 2.53. The first-order chi connectivity index (χ1) is 16.0. The topological polar surface area (TPSA) is 107 Å². The van der Waals surface area contributed by atoms with E-state index in [-0.39, 0.29) is 38.6 Å². The van der Waals surface area contributed by atoms with Crippen LogP contribution < -0.4 is 4.74 Å². The maximum atomic E-state index is 13.1. The molecule has 0 amide bonds. The molecule has 0 aliphatic rings. The molecule has 0 aliphatic heterocycles. The van der Waals surface area contributed by atoms with Crippen molar-refractivity contribution in [2.75, 3.05) is 66.2 Å². The summed E-state index contributed by atoms with van der Waals surface area (Å²) in [6.07, 6.45) is 0.531. The average molecular weight is 523 g/mol. The third-order valence-electron chi connectivity index (χ3n) is 4.48. The van der Waals surface area contributed by atoms with Gasteiger partial charge in [-0.1, -0.05) is 6.07 Å². The smallest absolute Gasteiger partial charge is 0.335 e. The van der Waals surface area contributed by atoms with Crippen LogP contribution in [0.5, 0.6) is 5.75 Å². The summed E-state index contributed by atoms with van der Waals surface area (Å²) in [5, 5.41) is 0. The monoisotopic (exact) mass is 522 g/mol. The summed E-state index contributed by atoms with van der Waals surface area (Å²) in [6, 6.07) is 3.77. The standard InChI is InChI=1S/C23H40O9P2/c1-7-31-34(26,32-8-2)18-22-15-19(3)21(17-33(5,6)25)16-23(22)30-14-12-28-10-9-27-11-13-29-20(4)24/h15-16H,7-14,17-18H2,1-6H3. The van der Waals surface area contributed by atoms with Crippen LogP contribution in [0.1, 0.15) is 37.5 Å². The third kappa shape index (κ3) is 13.0. The first-order valence-electron chi connectivity index (χ1n) is 11.5. The number of rotatable bonds is 18. The Kier molecular flexibility index (Phi) is 14.2. The lowest BCUT2D eigenvalue weighted by Crippen LogP contribution is -2.14. The zero-order chi connectivity index (χ0) is 25.6. The summed E-state index contributed by atoms with van der Waals surface area (Å²) in [7, 11) is -5.62. The Morgan fingerprint density at radius 2 is 1.38 bits per heavy atom. The van der Waals surface area contributed by atoms with Crippen molar-refractivity contribution in [3.8, 4) is 5.75 Å². The molecule has 11 heteroatoms. The van der Waals surface area contributed by atoms with Gasteiger partial charge in [0.15, 0.2) is 0 Å². The van der Waals surface area contributed by atoms with Crippen LogP contribution in [0.4, 0.5) is 0 Å². The van der Waals surface area contributed by atoms with Gasteiger partial charge in [0.25, 0.3) is 0 Å². The maximum absolute atomic E-state index is 13.1. The molecule has 196 valence electrons. The lowest BCUT2D eigenvalue weighted by Gasteiger charge is -2.21. The lowest BCUT2D eigenvalue weighted by atomic mass is 10.1. The van der Waals surface area contributed by atoms with Gasteiger partial charge in [0.1, 0.15) is 19.0 Å². The Morgan fingerprint density at radius 3 is 1.91 bits per heavy atom. The zero-order valence-electron chi connectivity index (χ0n) is 21.3. The summed E-state index contributed by atoms with van der Waals surface area (Å²) < 4.78 is 58.0. The van der Waals surface area contributed by atoms with E-state index in [1.807, 2.05) is 19.1 Å². The predicted molar refractivity (Wildman–Crippen MR) is 133 cm³/mol. The molecular formula is C23H40O9P2. The van der Waals surface area contributed by atoms with Crippen LogP contribution in [0.3, 0.4) is 0 Å². The predicted octanol–water partition coefficient (Wildman–Crippen LogP) is 4.86. The second kappa shape index (κ2) is 15.7. The molecule has 0 aromatic heterocycles. The summed E-state index contributed by atoms with van der Waals surface area (Å²) in [4.78, 5) is 10.7.